The third kappa shape index (κ3) is 7.61. The van der Waals surface area contributed by atoms with Gasteiger partial charge in [0.1, 0.15) is 17.2 Å². The standard InChI is InChI=1S/C19H19ClF3N3O5S/c1-2-31-14-6-4-13(5-7-14)26-32(29,30)16-9-12(3-8-15(16)20)18(28)24-10-17(27)25-11-19(21,22)23/h3-9,26H,2,10-11H2,1H3,(H,24,28)(H,25,27). The van der Waals surface area contributed by atoms with Gasteiger partial charge in [-0.15, -0.1) is 0 Å². The van der Waals surface area contributed by atoms with E-state index < -0.39 is 46.0 Å². The Morgan fingerprint density at radius 3 is 2.31 bits per heavy atom. The average Bonchev–Trinajstić information content (AvgIpc) is 2.71. The molecule has 0 saturated carbocycles. The molecule has 0 spiro atoms. The molecule has 2 aromatic rings. The molecule has 0 fully saturated rings. The summed E-state index contributed by atoms with van der Waals surface area (Å²) in [6.07, 6.45) is -4.59. The Morgan fingerprint density at radius 2 is 1.72 bits per heavy atom. The molecule has 0 heterocycles. The van der Waals surface area contributed by atoms with Crippen molar-refractivity contribution in [1.82, 2.24) is 10.6 Å². The molecular weight excluding hydrogens is 475 g/mol. The Kier molecular flexibility index (Phi) is 8.33. The van der Waals surface area contributed by atoms with Crippen molar-refractivity contribution in [2.75, 3.05) is 24.4 Å². The zero-order chi connectivity index (χ0) is 23.9. The number of sulfonamides is 1. The third-order valence-corrected chi connectivity index (χ3v) is 5.66. The summed E-state index contributed by atoms with van der Waals surface area (Å²) < 4.78 is 69.4. The van der Waals surface area contributed by atoms with E-state index in [1.165, 1.54) is 24.3 Å². The van der Waals surface area contributed by atoms with Crippen LogP contribution in [0.4, 0.5) is 18.9 Å². The Hall–Kier alpha value is -2.99. The highest BCUT2D eigenvalue weighted by Gasteiger charge is 2.27. The second-order valence-corrected chi connectivity index (χ2v) is 8.34. The average molecular weight is 494 g/mol. The van der Waals surface area contributed by atoms with E-state index in [4.69, 9.17) is 16.3 Å². The van der Waals surface area contributed by atoms with Crippen LogP contribution in [-0.4, -0.2) is 46.1 Å². The number of rotatable bonds is 9. The van der Waals surface area contributed by atoms with Crippen LogP contribution in [-0.2, 0) is 14.8 Å². The van der Waals surface area contributed by atoms with Crippen molar-refractivity contribution in [2.45, 2.75) is 18.0 Å². The van der Waals surface area contributed by atoms with Gasteiger partial charge in [-0.05, 0) is 49.4 Å². The molecule has 174 valence electrons. The lowest BCUT2D eigenvalue weighted by molar-refractivity contribution is -0.137. The molecule has 2 aromatic carbocycles. The summed E-state index contributed by atoms with van der Waals surface area (Å²) in [5.74, 6) is -1.39. The topological polar surface area (TPSA) is 114 Å². The first kappa shape index (κ1) is 25.3. The Morgan fingerprint density at radius 1 is 1.06 bits per heavy atom. The number of carbonyl (C=O) groups is 2. The number of benzene rings is 2. The molecule has 32 heavy (non-hydrogen) atoms. The molecule has 0 aliphatic rings. The molecule has 0 bridgehead atoms. The predicted octanol–water partition coefficient (Wildman–Crippen LogP) is 2.95. The smallest absolute Gasteiger partial charge is 0.405 e. The molecule has 3 N–H and O–H groups in total. The summed E-state index contributed by atoms with van der Waals surface area (Å²) in [4.78, 5) is 23.2. The van der Waals surface area contributed by atoms with Crippen molar-refractivity contribution < 1.29 is 35.9 Å². The van der Waals surface area contributed by atoms with Crippen LogP contribution in [0.5, 0.6) is 5.75 Å². The fourth-order valence-corrected chi connectivity index (χ4v) is 3.96. The van der Waals surface area contributed by atoms with Gasteiger partial charge in [0.2, 0.25) is 5.91 Å². The highest BCUT2D eigenvalue weighted by atomic mass is 35.5. The van der Waals surface area contributed by atoms with Crippen molar-refractivity contribution in [3.8, 4) is 5.75 Å². The fraction of sp³-hybridized carbons (Fsp3) is 0.263. The second-order valence-electron chi connectivity index (χ2n) is 6.28. The van der Waals surface area contributed by atoms with Crippen LogP contribution in [0.15, 0.2) is 47.4 Å². The normalized spacial score (nSPS) is 11.5. The number of ether oxygens (including phenoxy) is 1. The minimum Gasteiger partial charge on any atom is -0.494 e. The Bertz CT molecular complexity index is 1080. The Balaban J connectivity index is 2.10. The van der Waals surface area contributed by atoms with Gasteiger partial charge in [0.15, 0.2) is 0 Å². The minimum absolute atomic E-state index is 0.162. The molecule has 0 aromatic heterocycles. The number of amides is 2. The minimum atomic E-state index is -4.59. The van der Waals surface area contributed by atoms with E-state index in [1.54, 1.807) is 24.4 Å². The van der Waals surface area contributed by atoms with Gasteiger partial charge in [0, 0.05) is 11.3 Å². The summed E-state index contributed by atoms with van der Waals surface area (Å²) in [6, 6.07) is 9.46. The first-order valence-corrected chi connectivity index (χ1v) is 10.9. The number of hydrogen-bond acceptors (Lipinski definition) is 5. The lowest BCUT2D eigenvalue weighted by Crippen LogP contribution is -2.40. The van der Waals surface area contributed by atoms with Crippen molar-refractivity contribution in [1.29, 1.82) is 0 Å². The SMILES string of the molecule is CCOc1ccc(NS(=O)(=O)c2cc(C(=O)NCC(=O)NCC(F)(F)F)ccc2Cl)cc1. The molecule has 0 atom stereocenters. The first-order valence-electron chi connectivity index (χ1n) is 9.08. The van der Waals surface area contributed by atoms with Crippen LogP contribution in [0.3, 0.4) is 0 Å². The molecule has 0 radical (unpaired) electrons. The quantitative estimate of drug-likeness (QED) is 0.497. The maximum absolute atomic E-state index is 12.7. The van der Waals surface area contributed by atoms with E-state index in [2.05, 4.69) is 10.0 Å². The van der Waals surface area contributed by atoms with E-state index in [-0.39, 0.29) is 16.3 Å². The van der Waals surface area contributed by atoms with E-state index in [0.717, 1.165) is 6.07 Å². The van der Waals surface area contributed by atoms with Gasteiger partial charge in [0.05, 0.1) is 18.2 Å². The van der Waals surface area contributed by atoms with Crippen LogP contribution in [0, 0.1) is 0 Å². The summed E-state index contributed by atoms with van der Waals surface area (Å²) >= 11 is 5.99. The number of nitrogens with one attached hydrogen (secondary N) is 3. The molecule has 0 saturated heterocycles. The van der Waals surface area contributed by atoms with Crippen LogP contribution in [0.25, 0.3) is 0 Å². The molecule has 0 unspecified atom stereocenters. The maximum atomic E-state index is 12.7. The molecule has 2 rings (SSSR count). The van der Waals surface area contributed by atoms with Gasteiger partial charge in [0.25, 0.3) is 15.9 Å². The molecule has 13 heteroatoms. The van der Waals surface area contributed by atoms with Crippen molar-refractivity contribution in [3.63, 3.8) is 0 Å². The summed E-state index contributed by atoms with van der Waals surface area (Å²) in [5.41, 5.74) is 0.0609. The number of alkyl halides is 3. The number of carbonyl (C=O) groups excluding carboxylic acids is 2. The second kappa shape index (κ2) is 10.6. The first-order chi connectivity index (χ1) is 14.9. The van der Waals surface area contributed by atoms with E-state index >= 15 is 0 Å². The molecular formula is C19H19ClF3N3O5S. The van der Waals surface area contributed by atoms with Crippen LogP contribution in [0.2, 0.25) is 5.02 Å². The highest BCUT2D eigenvalue weighted by molar-refractivity contribution is 7.92. The van der Waals surface area contributed by atoms with Crippen LogP contribution in [0.1, 0.15) is 17.3 Å². The van der Waals surface area contributed by atoms with Gasteiger partial charge in [-0.25, -0.2) is 8.42 Å². The van der Waals surface area contributed by atoms with Crippen molar-refractivity contribution in [3.05, 3.63) is 53.1 Å². The fourth-order valence-electron chi connectivity index (χ4n) is 2.37. The van der Waals surface area contributed by atoms with Gasteiger partial charge in [-0.3, -0.25) is 14.3 Å². The number of anilines is 1. The molecule has 0 aliphatic heterocycles. The van der Waals surface area contributed by atoms with Crippen molar-refractivity contribution in [2.24, 2.45) is 0 Å². The molecule has 2 amide bonds. The van der Waals surface area contributed by atoms with Crippen molar-refractivity contribution >= 4 is 39.1 Å². The van der Waals surface area contributed by atoms with Crippen LogP contribution < -0.4 is 20.1 Å². The van der Waals surface area contributed by atoms with Gasteiger partial charge in [-0.2, -0.15) is 13.2 Å². The van der Waals surface area contributed by atoms with Gasteiger partial charge < -0.3 is 15.4 Å². The largest absolute Gasteiger partial charge is 0.494 e. The summed E-state index contributed by atoms with van der Waals surface area (Å²) in [5, 5.41) is 3.55. The van der Waals surface area contributed by atoms with Gasteiger partial charge >= 0.3 is 6.18 Å². The van der Waals surface area contributed by atoms with Gasteiger partial charge in [-0.1, -0.05) is 11.6 Å². The zero-order valence-corrected chi connectivity index (χ0v) is 18.2. The monoisotopic (exact) mass is 493 g/mol. The number of hydrogen-bond donors (Lipinski definition) is 3. The van der Waals surface area contributed by atoms with Crippen LogP contribution >= 0.6 is 11.6 Å². The predicted molar refractivity (Wildman–Crippen MR) is 111 cm³/mol. The molecule has 0 aliphatic carbocycles. The third-order valence-electron chi connectivity index (χ3n) is 3.80. The van der Waals surface area contributed by atoms with E-state index in [1.807, 2.05) is 0 Å². The zero-order valence-electron chi connectivity index (χ0n) is 16.6. The van der Waals surface area contributed by atoms with E-state index in [9.17, 15) is 31.2 Å². The Labute approximate surface area is 187 Å². The highest BCUT2D eigenvalue weighted by Crippen LogP contribution is 2.26. The summed E-state index contributed by atoms with van der Waals surface area (Å²) in [6.45, 7) is -0.0252. The lowest BCUT2D eigenvalue weighted by atomic mass is 10.2. The number of halogens is 4. The maximum Gasteiger partial charge on any atom is 0.405 e. The summed E-state index contributed by atoms with van der Waals surface area (Å²) in [7, 11) is -4.19. The van der Waals surface area contributed by atoms with E-state index in [0.29, 0.717) is 12.4 Å². The lowest BCUT2D eigenvalue weighted by Gasteiger charge is -2.12. The molecule has 8 nitrogen and oxygen atoms in total.